The third-order valence-electron chi connectivity index (χ3n) is 6.24. The first kappa shape index (κ1) is 25.7. The lowest BCUT2D eigenvalue weighted by Crippen LogP contribution is -2.54. The molecule has 1 aromatic rings. The molecule has 0 aromatic carbocycles. The Hall–Kier alpha value is -2.95. The molecule has 2 aliphatic rings. The van der Waals surface area contributed by atoms with E-state index < -0.39 is 41.8 Å². The van der Waals surface area contributed by atoms with E-state index in [9.17, 15) is 24.0 Å². The summed E-state index contributed by atoms with van der Waals surface area (Å²) >= 11 is 0.934. The molecule has 1 aliphatic heterocycles. The molecule has 34 heavy (non-hydrogen) atoms. The molecular weight excluding hydrogens is 460 g/mol. The van der Waals surface area contributed by atoms with Gasteiger partial charge in [-0.15, -0.1) is 11.3 Å². The van der Waals surface area contributed by atoms with E-state index in [1.165, 1.54) is 7.05 Å². The molecule has 3 rings (SSSR count). The second-order valence-corrected chi connectivity index (χ2v) is 10.9. The standard InChI is InChI=1S/C23H32N4O6S/c1-7-33-19(30)15-13(3)16(17(29)24-6)34-18(15)25-14(28)10-27-20(31)23(26-21(27)32)9-12(2)8-22(4,5)11-23/h12H,7-11H2,1-6H3,(H,24,29)(H,25,28)(H,26,32). The lowest BCUT2D eigenvalue weighted by Gasteiger charge is -2.43. The number of rotatable bonds is 6. The van der Waals surface area contributed by atoms with Gasteiger partial charge in [-0.2, -0.15) is 0 Å². The van der Waals surface area contributed by atoms with Crippen LogP contribution in [0.25, 0.3) is 0 Å². The zero-order valence-corrected chi connectivity index (χ0v) is 21.2. The highest BCUT2D eigenvalue weighted by Gasteiger charge is 2.56. The summed E-state index contributed by atoms with van der Waals surface area (Å²) in [4.78, 5) is 64.8. The Morgan fingerprint density at radius 2 is 1.91 bits per heavy atom. The number of hydrogen-bond donors (Lipinski definition) is 3. The normalized spacial score (nSPS) is 23.6. The van der Waals surface area contributed by atoms with Gasteiger partial charge in [0.25, 0.3) is 11.8 Å². The van der Waals surface area contributed by atoms with Gasteiger partial charge in [0.15, 0.2) is 0 Å². The van der Waals surface area contributed by atoms with E-state index in [0.29, 0.717) is 18.4 Å². The Morgan fingerprint density at radius 1 is 1.24 bits per heavy atom. The molecule has 2 fully saturated rings. The fraction of sp³-hybridized carbons (Fsp3) is 0.609. The molecule has 186 valence electrons. The summed E-state index contributed by atoms with van der Waals surface area (Å²) in [6.07, 6.45) is 1.96. The molecule has 1 saturated carbocycles. The van der Waals surface area contributed by atoms with Gasteiger partial charge in [-0.05, 0) is 50.0 Å². The smallest absolute Gasteiger partial charge is 0.341 e. The molecule has 1 aliphatic carbocycles. The maximum atomic E-state index is 13.3. The number of amides is 5. The lowest BCUT2D eigenvalue weighted by atomic mass is 9.64. The molecule has 3 N–H and O–H groups in total. The number of urea groups is 1. The highest BCUT2D eigenvalue weighted by Crippen LogP contribution is 2.46. The van der Waals surface area contributed by atoms with Crippen LogP contribution in [0.4, 0.5) is 9.80 Å². The number of hydrogen-bond acceptors (Lipinski definition) is 7. The number of ether oxygens (including phenoxy) is 1. The molecule has 11 heteroatoms. The zero-order chi connectivity index (χ0) is 25.4. The topological polar surface area (TPSA) is 134 Å². The molecule has 0 radical (unpaired) electrons. The average molecular weight is 493 g/mol. The van der Waals surface area contributed by atoms with E-state index in [1.54, 1.807) is 13.8 Å². The highest BCUT2D eigenvalue weighted by atomic mass is 32.1. The predicted octanol–water partition coefficient (Wildman–Crippen LogP) is 2.67. The van der Waals surface area contributed by atoms with Crippen LogP contribution in [0.3, 0.4) is 0 Å². The first-order valence-electron chi connectivity index (χ1n) is 11.3. The minimum Gasteiger partial charge on any atom is -0.462 e. The number of imide groups is 1. The summed E-state index contributed by atoms with van der Waals surface area (Å²) in [5.74, 6) is -1.90. The number of nitrogens with one attached hydrogen (secondary N) is 3. The molecule has 2 heterocycles. The van der Waals surface area contributed by atoms with Gasteiger partial charge in [0, 0.05) is 7.05 Å². The minimum atomic E-state index is -1.01. The van der Waals surface area contributed by atoms with Crippen molar-refractivity contribution in [3.63, 3.8) is 0 Å². The molecule has 2 unspecified atom stereocenters. The van der Waals surface area contributed by atoms with Gasteiger partial charge in [0.2, 0.25) is 5.91 Å². The average Bonchev–Trinajstić information content (AvgIpc) is 3.14. The van der Waals surface area contributed by atoms with E-state index in [4.69, 9.17) is 4.74 Å². The van der Waals surface area contributed by atoms with Crippen LogP contribution < -0.4 is 16.0 Å². The van der Waals surface area contributed by atoms with Crippen molar-refractivity contribution in [3.8, 4) is 0 Å². The van der Waals surface area contributed by atoms with Crippen LogP contribution in [-0.2, 0) is 14.3 Å². The van der Waals surface area contributed by atoms with Crippen molar-refractivity contribution in [1.29, 1.82) is 0 Å². The fourth-order valence-electron chi connectivity index (χ4n) is 5.34. The lowest BCUT2D eigenvalue weighted by molar-refractivity contribution is -0.136. The quantitative estimate of drug-likeness (QED) is 0.413. The van der Waals surface area contributed by atoms with Crippen molar-refractivity contribution in [1.82, 2.24) is 15.5 Å². The fourth-order valence-corrected chi connectivity index (χ4v) is 6.50. The van der Waals surface area contributed by atoms with Crippen LogP contribution in [0.5, 0.6) is 0 Å². The van der Waals surface area contributed by atoms with Gasteiger partial charge in [-0.1, -0.05) is 20.8 Å². The Morgan fingerprint density at radius 3 is 2.50 bits per heavy atom. The van der Waals surface area contributed by atoms with Crippen LogP contribution in [0.2, 0.25) is 0 Å². The number of thiophene rings is 1. The van der Waals surface area contributed by atoms with Gasteiger partial charge < -0.3 is 20.7 Å². The van der Waals surface area contributed by atoms with Crippen LogP contribution in [0, 0.1) is 18.3 Å². The van der Waals surface area contributed by atoms with Gasteiger partial charge >= 0.3 is 12.0 Å². The molecule has 1 aromatic heterocycles. The largest absolute Gasteiger partial charge is 0.462 e. The Balaban J connectivity index is 1.82. The van der Waals surface area contributed by atoms with E-state index >= 15 is 0 Å². The van der Waals surface area contributed by atoms with Gasteiger partial charge in [0.05, 0.1) is 17.0 Å². The van der Waals surface area contributed by atoms with Crippen molar-refractivity contribution in [2.45, 2.75) is 59.4 Å². The third kappa shape index (κ3) is 4.79. The zero-order valence-electron chi connectivity index (χ0n) is 20.4. The summed E-state index contributed by atoms with van der Waals surface area (Å²) in [6, 6.07) is -0.607. The SMILES string of the molecule is CCOC(=O)c1c(NC(=O)CN2C(=O)NC3(CC(C)CC(C)(C)C3)C2=O)sc(C(=O)NC)c1C. The monoisotopic (exact) mass is 492 g/mol. The van der Waals surface area contributed by atoms with E-state index in [-0.39, 0.29) is 33.4 Å². The van der Waals surface area contributed by atoms with E-state index in [1.807, 2.05) is 0 Å². The summed E-state index contributed by atoms with van der Waals surface area (Å²) in [6.45, 7) is 9.05. The molecule has 2 atom stereocenters. The summed E-state index contributed by atoms with van der Waals surface area (Å²) in [5.41, 5.74) is -0.681. The maximum Gasteiger partial charge on any atom is 0.341 e. The number of anilines is 1. The van der Waals surface area contributed by atoms with Crippen LogP contribution >= 0.6 is 11.3 Å². The second-order valence-electron chi connectivity index (χ2n) is 9.87. The van der Waals surface area contributed by atoms with Crippen molar-refractivity contribution < 1.29 is 28.7 Å². The molecule has 5 amide bonds. The molecule has 10 nitrogen and oxygen atoms in total. The van der Waals surface area contributed by atoms with Crippen LogP contribution in [0.1, 0.15) is 72.6 Å². The molecule has 1 saturated heterocycles. The van der Waals surface area contributed by atoms with Crippen molar-refractivity contribution in [2.24, 2.45) is 11.3 Å². The second kappa shape index (κ2) is 9.36. The van der Waals surface area contributed by atoms with Gasteiger partial charge in [-0.3, -0.25) is 19.3 Å². The number of nitrogens with zero attached hydrogens (tertiary/aromatic N) is 1. The van der Waals surface area contributed by atoms with Gasteiger partial charge in [0.1, 0.15) is 17.1 Å². The third-order valence-corrected chi connectivity index (χ3v) is 7.44. The summed E-state index contributed by atoms with van der Waals surface area (Å²) in [7, 11) is 1.46. The Bertz CT molecular complexity index is 1050. The minimum absolute atomic E-state index is 0.0790. The molecular formula is C23H32N4O6S. The summed E-state index contributed by atoms with van der Waals surface area (Å²) < 4.78 is 5.09. The molecule has 1 spiro atoms. The van der Waals surface area contributed by atoms with Crippen LogP contribution in [0.15, 0.2) is 0 Å². The maximum absolute atomic E-state index is 13.3. The Kier molecular flexibility index (Phi) is 7.07. The van der Waals surface area contributed by atoms with Crippen molar-refractivity contribution in [2.75, 3.05) is 25.5 Å². The van der Waals surface area contributed by atoms with Gasteiger partial charge in [-0.25, -0.2) is 9.59 Å². The first-order chi connectivity index (χ1) is 15.8. The first-order valence-corrected chi connectivity index (χ1v) is 12.1. The number of esters is 1. The number of carbonyl (C=O) groups excluding carboxylic acids is 5. The summed E-state index contributed by atoms with van der Waals surface area (Å²) in [5, 5.41) is 8.07. The Labute approximate surface area is 202 Å². The molecule has 0 bridgehead atoms. The predicted molar refractivity (Wildman–Crippen MR) is 127 cm³/mol. The van der Waals surface area contributed by atoms with Crippen molar-refractivity contribution >= 4 is 46.1 Å². The highest BCUT2D eigenvalue weighted by molar-refractivity contribution is 7.18. The number of carbonyl (C=O) groups is 5. The van der Waals surface area contributed by atoms with E-state index in [0.717, 1.165) is 22.7 Å². The van der Waals surface area contributed by atoms with Crippen LogP contribution in [-0.4, -0.2) is 60.4 Å². The van der Waals surface area contributed by atoms with E-state index in [2.05, 4.69) is 36.7 Å². The van der Waals surface area contributed by atoms with Crippen molar-refractivity contribution in [3.05, 3.63) is 16.0 Å².